The van der Waals surface area contributed by atoms with Gasteiger partial charge in [0.1, 0.15) is 30.4 Å². The summed E-state index contributed by atoms with van der Waals surface area (Å²) in [7, 11) is -2.75. The summed E-state index contributed by atoms with van der Waals surface area (Å²) in [6.45, 7) is 46.9. The number of hydrogen-bond acceptors (Lipinski definition) is 4. The SMILES string of the molecule is CC(C)(C)c1ccc(N(c2ccc(C(C)(C)C)cc2)c2cc3c(c4c2-c2ccccc2[Si]4(C)C)-c2c(cc(N(c4ccc(C(C)(C)C)cc4)c4ccc(C(C)(C)C)cc4)c4c2oc2ccccc24)C3(c2ccc(C(C)(C)C)cc2)c2ccc3oc4ccc(C(C)(C)C)cc4c3c2)cc1. The summed E-state index contributed by atoms with van der Waals surface area (Å²) in [5.74, 6) is 0. The predicted molar refractivity (Wildman–Crippen MR) is 422 cm³/mol. The summed E-state index contributed by atoms with van der Waals surface area (Å²) < 4.78 is 14.9. The van der Waals surface area contributed by atoms with Gasteiger partial charge in [0.15, 0.2) is 0 Å². The zero-order valence-corrected chi connectivity index (χ0v) is 62.5. The van der Waals surface area contributed by atoms with Crippen molar-refractivity contribution >= 4 is 96.4 Å². The second-order valence-electron chi connectivity index (χ2n) is 35.1. The van der Waals surface area contributed by atoms with Crippen molar-refractivity contribution in [3.05, 3.63) is 274 Å². The fraction of sp³-hybridized carbons (Fsp3) is 0.290. The van der Waals surface area contributed by atoms with Gasteiger partial charge < -0.3 is 18.6 Å². The third kappa shape index (κ3) is 10.3. The van der Waals surface area contributed by atoms with Crippen LogP contribution >= 0.6 is 0 Å². The number of rotatable bonds is 8. The lowest BCUT2D eigenvalue weighted by Gasteiger charge is -2.37. The zero-order chi connectivity index (χ0) is 69.3. The molecule has 98 heavy (non-hydrogen) atoms. The molecule has 0 spiro atoms. The van der Waals surface area contributed by atoms with E-state index in [0.717, 1.165) is 89.1 Å². The van der Waals surface area contributed by atoms with E-state index in [2.05, 4.69) is 366 Å². The molecule has 2 aliphatic rings. The van der Waals surface area contributed by atoms with E-state index in [-0.39, 0.29) is 32.5 Å². The van der Waals surface area contributed by atoms with E-state index in [1.807, 2.05) is 0 Å². The largest absolute Gasteiger partial charge is 0.456 e. The molecule has 4 nitrogen and oxygen atoms in total. The van der Waals surface area contributed by atoms with Crippen LogP contribution in [0.25, 0.3) is 66.1 Å². The lowest BCUT2D eigenvalue weighted by molar-refractivity contribution is 0.589. The highest BCUT2D eigenvalue weighted by atomic mass is 28.3. The molecule has 1 aliphatic carbocycles. The second kappa shape index (κ2) is 22.2. The molecule has 3 heterocycles. The van der Waals surface area contributed by atoms with Crippen LogP contribution in [0.4, 0.5) is 34.1 Å². The predicted octanol–water partition coefficient (Wildman–Crippen LogP) is 25.4. The molecule has 0 saturated carbocycles. The molecular weight excluding hydrogens is 1210 g/mol. The average Bonchev–Trinajstić information content (AvgIpc) is 1.49. The minimum Gasteiger partial charge on any atom is -0.456 e. The molecule has 0 N–H and O–H groups in total. The van der Waals surface area contributed by atoms with Crippen molar-refractivity contribution in [1.82, 2.24) is 0 Å². The molecule has 0 amide bonds. The van der Waals surface area contributed by atoms with Gasteiger partial charge in [-0.15, -0.1) is 0 Å². The van der Waals surface area contributed by atoms with E-state index in [9.17, 15) is 0 Å². The number of nitrogens with zero attached hydrogens (tertiary/aromatic N) is 2. The van der Waals surface area contributed by atoms with E-state index in [4.69, 9.17) is 8.83 Å². The van der Waals surface area contributed by atoms with Gasteiger partial charge in [-0.2, -0.15) is 0 Å². The monoisotopic (exact) mass is 1300 g/mol. The summed E-state index contributed by atoms with van der Waals surface area (Å²) in [6, 6.07) is 84.9. The number of fused-ring (bicyclic) bond motifs is 14. The highest BCUT2D eigenvalue weighted by molar-refractivity contribution is 7.05. The Morgan fingerprint density at radius 2 is 0.694 bits per heavy atom. The molecule has 1 unspecified atom stereocenters. The summed E-state index contributed by atoms with van der Waals surface area (Å²) in [6.07, 6.45) is 0. The van der Waals surface area contributed by atoms with E-state index in [0.29, 0.717) is 0 Å². The second-order valence-corrected chi connectivity index (χ2v) is 39.4. The van der Waals surface area contributed by atoms with Crippen LogP contribution in [0, 0.1) is 0 Å². The van der Waals surface area contributed by atoms with Crippen LogP contribution in [0.1, 0.15) is 180 Å². The Bertz CT molecular complexity index is 5190. The van der Waals surface area contributed by atoms with Gasteiger partial charge in [-0.25, -0.2) is 0 Å². The molecule has 5 heteroatoms. The van der Waals surface area contributed by atoms with Crippen molar-refractivity contribution in [3.63, 3.8) is 0 Å². The van der Waals surface area contributed by atoms with Gasteiger partial charge in [0.05, 0.1) is 22.2 Å². The third-order valence-electron chi connectivity index (χ3n) is 21.9. The van der Waals surface area contributed by atoms with Crippen LogP contribution in [-0.4, -0.2) is 8.07 Å². The van der Waals surface area contributed by atoms with Crippen molar-refractivity contribution in [2.75, 3.05) is 9.80 Å². The Morgan fingerprint density at radius 1 is 0.316 bits per heavy atom. The Balaban J connectivity index is 1.18. The Hall–Kier alpha value is -9.16. The van der Waals surface area contributed by atoms with Crippen LogP contribution < -0.4 is 20.2 Å². The number of benzene rings is 11. The number of furan rings is 2. The van der Waals surface area contributed by atoms with Crippen molar-refractivity contribution in [2.24, 2.45) is 0 Å². The highest BCUT2D eigenvalue weighted by Gasteiger charge is 2.54. The highest BCUT2D eigenvalue weighted by Crippen LogP contribution is 2.64. The number of hydrogen-bond donors (Lipinski definition) is 0. The quantitative estimate of drug-likeness (QED) is 0.142. The van der Waals surface area contributed by atoms with Gasteiger partial charge in [0, 0.05) is 50.0 Å². The minimum atomic E-state index is -2.75. The van der Waals surface area contributed by atoms with Gasteiger partial charge in [0.25, 0.3) is 0 Å². The van der Waals surface area contributed by atoms with E-state index in [1.165, 1.54) is 77.1 Å². The maximum atomic E-state index is 7.89. The first-order valence-electron chi connectivity index (χ1n) is 35.6. The van der Waals surface area contributed by atoms with Crippen molar-refractivity contribution in [3.8, 4) is 22.3 Å². The van der Waals surface area contributed by atoms with Crippen LogP contribution in [-0.2, 0) is 37.9 Å². The lowest BCUT2D eigenvalue weighted by atomic mass is 9.66. The Labute approximate surface area is 583 Å². The molecule has 15 rings (SSSR count). The standard InChI is InChI=1S/C93H96N2O2Si/c1-87(2,3)57-29-31-62(32-30-57)93(64-42-52-79-72(54-64)71-53-63(92(16,17)18)41-51-78(71)96-79)73-55-75(94(65-43-33-58(34-44-65)88(4,5)6)66-45-35-59(36-46-66)89(7,8)9)81-69-25-21-23-27-77(69)97-85(81)83(73)84-74(93)56-76(82-70-26-22-24-28-80(70)98(19,20)86(82)84)95(67-47-37-60(38-48-67)90(10,11)12)68-49-39-61(40-50-68)91(13,14)15/h21-56H,1-20H3. The summed E-state index contributed by atoms with van der Waals surface area (Å²) in [5, 5.41) is 7.24. The molecular formula is C93H96N2O2Si. The minimum absolute atomic E-state index is 0.0487. The molecule has 494 valence electrons. The Morgan fingerprint density at radius 3 is 1.18 bits per heavy atom. The van der Waals surface area contributed by atoms with Crippen molar-refractivity contribution in [2.45, 2.75) is 176 Å². The molecule has 1 atom stereocenters. The van der Waals surface area contributed by atoms with E-state index < -0.39 is 13.5 Å². The summed E-state index contributed by atoms with van der Waals surface area (Å²) in [5.41, 5.74) is 26.1. The fourth-order valence-corrected chi connectivity index (χ4v) is 19.6. The first-order chi connectivity index (χ1) is 46.1. The zero-order valence-electron chi connectivity index (χ0n) is 61.5. The maximum absolute atomic E-state index is 7.89. The van der Waals surface area contributed by atoms with Gasteiger partial charge >= 0.3 is 0 Å². The molecule has 0 radical (unpaired) electrons. The smallest absolute Gasteiger partial charge is 0.145 e. The van der Waals surface area contributed by atoms with Gasteiger partial charge in [-0.1, -0.05) is 265 Å². The molecule has 0 bridgehead atoms. The van der Waals surface area contributed by atoms with E-state index in [1.54, 1.807) is 0 Å². The molecule has 1 aliphatic heterocycles. The first kappa shape index (κ1) is 64.8. The lowest BCUT2D eigenvalue weighted by Crippen LogP contribution is -2.50. The molecule has 13 aromatic rings. The molecule has 0 fully saturated rings. The van der Waals surface area contributed by atoms with Crippen molar-refractivity contribution in [1.29, 1.82) is 0 Å². The molecule has 2 aromatic heterocycles. The van der Waals surface area contributed by atoms with Gasteiger partial charge in [0.2, 0.25) is 0 Å². The normalized spacial score (nSPS) is 15.5. The van der Waals surface area contributed by atoms with Crippen LogP contribution in [0.2, 0.25) is 13.1 Å². The van der Waals surface area contributed by atoms with Gasteiger partial charge in [-0.05, 0) is 201 Å². The van der Waals surface area contributed by atoms with E-state index >= 15 is 0 Å². The molecule has 11 aromatic carbocycles. The molecule has 0 saturated heterocycles. The van der Waals surface area contributed by atoms with Crippen LogP contribution in [0.5, 0.6) is 0 Å². The summed E-state index contributed by atoms with van der Waals surface area (Å²) >= 11 is 0. The number of para-hydroxylation sites is 1. The fourth-order valence-electron chi connectivity index (χ4n) is 16.2. The first-order valence-corrected chi connectivity index (χ1v) is 38.6. The van der Waals surface area contributed by atoms with Crippen LogP contribution in [0.3, 0.4) is 0 Å². The third-order valence-corrected chi connectivity index (χ3v) is 25.4. The Kier molecular flexibility index (Phi) is 14.7. The maximum Gasteiger partial charge on any atom is 0.145 e. The topological polar surface area (TPSA) is 32.8 Å². The van der Waals surface area contributed by atoms with Gasteiger partial charge in [-0.3, -0.25) is 0 Å². The average molecular weight is 1300 g/mol. The number of anilines is 6. The van der Waals surface area contributed by atoms with Crippen LogP contribution in [0.15, 0.2) is 227 Å². The van der Waals surface area contributed by atoms with Crippen molar-refractivity contribution < 1.29 is 8.83 Å². The summed E-state index contributed by atoms with van der Waals surface area (Å²) in [4.78, 5) is 5.14.